The maximum absolute atomic E-state index is 12.5. The maximum Gasteiger partial charge on any atom is 0.327 e. The predicted octanol–water partition coefficient (Wildman–Crippen LogP) is 2.83. The van der Waals surface area contributed by atoms with Crippen LogP contribution in [-0.4, -0.2) is 33.2 Å². The van der Waals surface area contributed by atoms with Crippen LogP contribution in [0.1, 0.15) is 20.8 Å². The first kappa shape index (κ1) is 19.2. The van der Waals surface area contributed by atoms with Gasteiger partial charge in [0.2, 0.25) is 0 Å². The van der Waals surface area contributed by atoms with Gasteiger partial charge >= 0.3 is 11.9 Å². The minimum absolute atomic E-state index is 0.203. The molecule has 0 fully saturated rings. The van der Waals surface area contributed by atoms with Gasteiger partial charge in [0.15, 0.2) is 5.41 Å². The van der Waals surface area contributed by atoms with Crippen LogP contribution in [0.15, 0.2) is 42.1 Å². The number of hydrogen-bond donors (Lipinski definition) is 0. The molecule has 0 N–H and O–H groups in total. The number of hydrogen-bond acceptors (Lipinski definition) is 4. The Hall–Kier alpha value is -1.88. The summed E-state index contributed by atoms with van der Waals surface area (Å²) < 4.78 is 10.3. The largest absolute Gasteiger partial charge is 0.465 e. The van der Waals surface area contributed by atoms with Crippen LogP contribution >= 0.6 is 0 Å². The van der Waals surface area contributed by atoms with Gasteiger partial charge in [0, 0.05) is 0 Å². The summed E-state index contributed by atoms with van der Waals surface area (Å²) in [6.45, 7) is 13.7. The normalized spacial score (nSPS) is 11.7. The van der Waals surface area contributed by atoms with Crippen LogP contribution in [0.25, 0.3) is 0 Å². The van der Waals surface area contributed by atoms with Crippen LogP contribution in [0.2, 0.25) is 13.1 Å². The fourth-order valence-corrected chi connectivity index (χ4v) is 5.36. The van der Waals surface area contributed by atoms with Crippen molar-refractivity contribution in [1.29, 1.82) is 0 Å². The second kappa shape index (κ2) is 7.59. The topological polar surface area (TPSA) is 52.6 Å². The van der Waals surface area contributed by atoms with Gasteiger partial charge in [-0.05, 0) is 20.8 Å². The summed E-state index contributed by atoms with van der Waals surface area (Å²) in [5.41, 5.74) is -1.49. The molecule has 5 heteroatoms. The lowest BCUT2D eigenvalue weighted by Gasteiger charge is -2.36. The van der Waals surface area contributed by atoms with Crippen molar-refractivity contribution in [3.63, 3.8) is 0 Å². The molecule has 0 atom stereocenters. The molecular weight excluding hydrogens is 308 g/mol. The Morgan fingerprint density at radius 3 is 1.87 bits per heavy atom. The molecular formula is C18H26O4Si. The lowest BCUT2D eigenvalue weighted by atomic mass is 9.90. The van der Waals surface area contributed by atoms with Crippen molar-refractivity contribution in [3.8, 4) is 0 Å². The van der Waals surface area contributed by atoms with E-state index in [2.05, 4.69) is 19.7 Å². The van der Waals surface area contributed by atoms with Crippen molar-refractivity contribution in [1.82, 2.24) is 0 Å². The number of rotatable bonds is 7. The summed E-state index contributed by atoms with van der Waals surface area (Å²) in [5.74, 6) is -1.19. The van der Waals surface area contributed by atoms with Crippen LogP contribution < -0.4 is 5.19 Å². The smallest absolute Gasteiger partial charge is 0.327 e. The summed E-state index contributed by atoms with van der Waals surface area (Å²) >= 11 is 0. The Labute approximate surface area is 139 Å². The fourth-order valence-electron chi connectivity index (χ4n) is 2.53. The molecule has 23 heavy (non-hydrogen) atoms. The summed E-state index contributed by atoms with van der Waals surface area (Å²) in [4.78, 5) is 25.1. The van der Waals surface area contributed by atoms with E-state index >= 15 is 0 Å². The van der Waals surface area contributed by atoms with E-state index < -0.39 is 25.4 Å². The van der Waals surface area contributed by atoms with Gasteiger partial charge in [-0.3, -0.25) is 9.59 Å². The van der Waals surface area contributed by atoms with Crippen LogP contribution in [0.4, 0.5) is 0 Å². The molecule has 1 aromatic carbocycles. The molecule has 0 saturated heterocycles. The Kier molecular flexibility index (Phi) is 6.33. The zero-order valence-electron chi connectivity index (χ0n) is 14.6. The Morgan fingerprint density at radius 2 is 1.48 bits per heavy atom. The fraction of sp³-hybridized carbons (Fsp3) is 0.444. The monoisotopic (exact) mass is 334 g/mol. The standard InChI is InChI=1S/C18H26O4Si/c1-7-21-16(19)18(4,17(20)22-8-2)14(3)23(5,6)15-12-10-9-11-13-15/h9-13H,3,7-8H2,1-2,4-6H3. The molecule has 0 heterocycles. The van der Waals surface area contributed by atoms with Gasteiger partial charge in [-0.1, -0.05) is 53.8 Å². The molecule has 0 aromatic heterocycles. The van der Waals surface area contributed by atoms with Crippen LogP contribution in [0.3, 0.4) is 0 Å². The maximum atomic E-state index is 12.5. The third kappa shape index (κ3) is 3.72. The van der Waals surface area contributed by atoms with Gasteiger partial charge in [0.1, 0.15) is 8.07 Å². The Bertz CT molecular complexity index is 560. The average Bonchev–Trinajstić information content (AvgIpc) is 2.54. The molecule has 0 aliphatic rings. The zero-order chi connectivity index (χ0) is 17.7. The van der Waals surface area contributed by atoms with Gasteiger partial charge in [0.05, 0.1) is 13.2 Å². The average molecular weight is 334 g/mol. The third-order valence-electron chi connectivity index (χ3n) is 4.22. The highest BCUT2D eigenvalue weighted by Crippen LogP contribution is 2.35. The number of ether oxygens (including phenoxy) is 2. The molecule has 0 bridgehead atoms. The van der Waals surface area contributed by atoms with Gasteiger partial charge in [-0.15, -0.1) is 6.58 Å². The van der Waals surface area contributed by atoms with E-state index in [1.807, 2.05) is 30.3 Å². The van der Waals surface area contributed by atoms with Crippen molar-refractivity contribution in [3.05, 3.63) is 42.1 Å². The van der Waals surface area contributed by atoms with Gasteiger partial charge in [-0.2, -0.15) is 0 Å². The molecule has 4 nitrogen and oxygen atoms in total. The molecule has 0 amide bonds. The highest BCUT2D eigenvalue weighted by molar-refractivity contribution is 6.96. The molecule has 0 aliphatic heterocycles. The molecule has 0 radical (unpaired) electrons. The quantitative estimate of drug-likeness (QED) is 0.437. The second-order valence-electron chi connectivity index (χ2n) is 6.04. The SMILES string of the molecule is C=C(C(C)(C(=O)OCC)C(=O)OCC)[Si](C)(C)c1ccccc1. The van der Waals surface area contributed by atoms with E-state index in [1.54, 1.807) is 20.8 Å². The highest BCUT2D eigenvalue weighted by Gasteiger charge is 2.52. The molecule has 1 aromatic rings. The van der Waals surface area contributed by atoms with E-state index in [-0.39, 0.29) is 13.2 Å². The van der Waals surface area contributed by atoms with Crippen molar-refractivity contribution in [2.45, 2.75) is 33.9 Å². The zero-order valence-corrected chi connectivity index (χ0v) is 15.6. The second-order valence-corrected chi connectivity index (χ2v) is 10.5. The highest BCUT2D eigenvalue weighted by atomic mass is 28.3. The van der Waals surface area contributed by atoms with Crippen LogP contribution in [0, 0.1) is 5.41 Å². The predicted molar refractivity (Wildman–Crippen MR) is 94.1 cm³/mol. The summed E-state index contributed by atoms with van der Waals surface area (Å²) in [6.07, 6.45) is 0. The Balaban J connectivity index is 3.33. The molecule has 1 rings (SSSR count). The van der Waals surface area contributed by atoms with E-state index in [9.17, 15) is 9.59 Å². The first-order valence-electron chi connectivity index (χ1n) is 7.82. The lowest BCUT2D eigenvalue weighted by Crippen LogP contribution is -2.54. The van der Waals surface area contributed by atoms with Crippen LogP contribution in [0.5, 0.6) is 0 Å². The van der Waals surface area contributed by atoms with E-state index in [0.29, 0.717) is 5.20 Å². The van der Waals surface area contributed by atoms with Gasteiger partial charge < -0.3 is 9.47 Å². The molecule has 0 unspecified atom stereocenters. The van der Waals surface area contributed by atoms with E-state index in [4.69, 9.17) is 9.47 Å². The summed E-state index contributed by atoms with van der Waals surface area (Å²) in [5, 5.41) is 1.69. The van der Waals surface area contributed by atoms with Gasteiger partial charge in [-0.25, -0.2) is 0 Å². The molecule has 0 saturated carbocycles. The van der Waals surface area contributed by atoms with Crippen molar-refractivity contribution >= 4 is 25.2 Å². The summed E-state index contributed by atoms with van der Waals surface area (Å²) in [7, 11) is -2.30. The molecule has 0 spiro atoms. The minimum atomic E-state index is -2.30. The molecule has 0 aliphatic carbocycles. The van der Waals surface area contributed by atoms with E-state index in [0.717, 1.165) is 5.19 Å². The number of esters is 2. The Morgan fingerprint density at radius 1 is 1.04 bits per heavy atom. The number of benzene rings is 1. The van der Waals surface area contributed by atoms with Crippen molar-refractivity contribution in [2.24, 2.45) is 5.41 Å². The van der Waals surface area contributed by atoms with E-state index in [1.165, 1.54) is 0 Å². The van der Waals surface area contributed by atoms with Gasteiger partial charge in [0.25, 0.3) is 0 Å². The number of carbonyl (C=O) groups excluding carboxylic acids is 2. The minimum Gasteiger partial charge on any atom is -0.465 e. The first-order chi connectivity index (χ1) is 10.7. The first-order valence-corrected chi connectivity index (χ1v) is 10.8. The van der Waals surface area contributed by atoms with Crippen molar-refractivity contribution in [2.75, 3.05) is 13.2 Å². The molecule has 126 valence electrons. The lowest BCUT2D eigenvalue weighted by molar-refractivity contribution is -0.167. The number of carbonyl (C=O) groups is 2. The van der Waals surface area contributed by atoms with Crippen LogP contribution in [-0.2, 0) is 19.1 Å². The van der Waals surface area contributed by atoms with Crippen molar-refractivity contribution < 1.29 is 19.1 Å². The summed E-state index contributed by atoms with van der Waals surface area (Å²) in [6, 6.07) is 9.85. The third-order valence-corrected chi connectivity index (χ3v) is 8.01.